The topological polar surface area (TPSA) is 111 Å². The van der Waals surface area contributed by atoms with Crippen molar-refractivity contribution in [1.29, 1.82) is 0 Å². The summed E-state index contributed by atoms with van der Waals surface area (Å²) in [4.78, 5) is 53.5. The van der Waals surface area contributed by atoms with Crippen LogP contribution in [0.5, 0.6) is 11.5 Å². The van der Waals surface area contributed by atoms with E-state index in [1.165, 1.54) is 33.5 Å². The number of carbonyl (C=O) groups excluding carboxylic acids is 4. The zero-order valence-corrected chi connectivity index (χ0v) is 19.9. The Morgan fingerprint density at radius 2 is 1.39 bits per heavy atom. The number of fused-ring (bicyclic) bond motifs is 1. The summed E-state index contributed by atoms with van der Waals surface area (Å²) < 4.78 is 15.4. The molecule has 3 aromatic carbocycles. The van der Waals surface area contributed by atoms with Crippen molar-refractivity contribution < 1.29 is 33.4 Å². The molecule has 9 heteroatoms. The Kier molecular flexibility index (Phi) is 7.00. The number of esters is 1. The lowest BCUT2D eigenvalue weighted by Gasteiger charge is -2.26. The Bertz CT molecular complexity index is 1300. The number of nitrogens with zero attached hydrogens (tertiary/aromatic N) is 1. The predicted molar refractivity (Wildman–Crippen MR) is 130 cm³/mol. The quantitative estimate of drug-likeness (QED) is 0.382. The molecule has 0 bridgehead atoms. The van der Waals surface area contributed by atoms with Crippen molar-refractivity contribution in [2.75, 3.05) is 26.6 Å². The molecule has 0 aromatic heterocycles. The number of methoxy groups -OCH3 is 3. The lowest BCUT2D eigenvalue weighted by Crippen LogP contribution is -2.48. The van der Waals surface area contributed by atoms with Gasteiger partial charge >= 0.3 is 5.97 Å². The van der Waals surface area contributed by atoms with Crippen LogP contribution in [0.4, 0.5) is 5.69 Å². The Morgan fingerprint density at radius 3 is 1.94 bits per heavy atom. The van der Waals surface area contributed by atoms with Gasteiger partial charge in [-0.3, -0.25) is 19.3 Å². The zero-order valence-electron chi connectivity index (χ0n) is 19.9. The highest BCUT2D eigenvalue weighted by molar-refractivity contribution is 6.23. The first kappa shape index (κ1) is 24.5. The molecule has 0 saturated heterocycles. The molecule has 184 valence electrons. The van der Waals surface area contributed by atoms with Crippen molar-refractivity contribution in [1.82, 2.24) is 4.90 Å². The van der Waals surface area contributed by atoms with Crippen LogP contribution in [-0.2, 0) is 16.0 Å². The maximum absolute atomic E-state index is 13.7. The first-order valence-electron chi connectivity index (χ1n) is 11.1. The molecule has 9 nitrogen and oxygen atoms in total. The molecule has 0 saturated carbocycles. The molecular formula is C27H24N2O7. The predicted octanol–water partition coefficient (Wildman–Crippen LogP) is 3.34. The van der Waals surface area contributed by atoms with Gasteiger partial charge in [-0.1, -0.05) is 42.5 Å². The molecule has 0 radical (unpaired) electrons. The van der Waals surface area contributed by atoms with Gasteiger partial charge in [0, 0.05) is 18.6 Å². The van der Waals surface area contributed by atoms with E-state index in [0.29, 0.717) is 0 Å². The van der Waals surface area contributed by atoms with Crippen LogP contribution in [0.2, 0.25) is 0 Å². The molecule has 1 unspecified atom stereocenters. The van der Waals surface area contributed by atoms with Crippen molar-refractivity contribution in [3.05, 3.63) is 89.0 Å². The second-order valence-corrected chi connectivity index (χ2v) is 7.97. The Hall–Kier alpha value is -4.66. The normalized spacial score (nSPS) is 13.1. The second kappa shape index (κ2) is 10.3. The fourth-order valence-electron chi connectivity index (χ4n) is 4.11. The third-order valence-corrected chi connectivity index (χ3v) is 5.90. The van der Waals surface area contributed by atoms with Gasteiger partial charge in [0.1, 0.15) is 6.04 Å². The van der Waals surface area contributed by atoms with Gasteiger partial charge in [0.25, 0.3) is 11.8 Å². The SMILES string of the molecule is COC(=O)c1cc(OC)c(OC)cc1NC(=O)C(Cc1ccccc1)N1C(=O)c2ccccc2C1=O. The van der Waals surface area contributed by atoms with Crippen LogP contribution in [0.25, 0.3) is 0 Å². The Balaban J connectivity index is 1.75. The summed E-state index contributed by atoms with van der Waals surface area (Å²) in [5.74, 6) is -1.98. The minimum absolute atomic E-state index is 0.0179. The monoisotopic (exact) mass is 488 g/mol. The van der Waals surface area contributed by atoms with Gasteiger partial charge < -0.3 is 19.5 Å². The molecule has 0 aliphatic carbocycles. The smallest absolute Gasteiger partial charge is 0.340 e. The molecule has 3 amide bonds. The van der Waals surface area contributed by atoms with E-state index in [4.69, 9.17) is 14.2 Å². The number of nitrogens with one attached hydrogen (secondary N) is 1. The summed E-state index contributed by atoms with van der Waals surface area (Å²) in [5, 5.41) is 2.70. The molecule has 1 N–H and O–H groups in total. The van der Waals surface area contributed by atoms with Crippen LogP contribution >= 0.6 is 0 Å². The van der Waals surface area contributed by atoms with Crippen LogP contribution in [0.3, 0.4) is 0 Å². The first-order valence-corrected chi connectivity index (χ1v) is 11.1. The molecule has 1 aliphatic rings. The maximum atomic E-state index is 13.7. The maximum Gasteiger partial charge on any atom is 0.340 e. The highest BCUT2D eigenvalue weighted by Crippen LogP contribution is 2.34. The van der Waals surface area contributed by atoms with Crippen LogP contribution in [0.1, 0.15) is 36.6 Å². The summed E-state index contributed by atoms with van der Waals surface area (Å²) in [7, 11) is 4.04. The van der Waals surface area contributed by atoms with Gasteiger partial charge in [-0.05, 0) is 17.7 Å². The number of hydrogen-bond donors (Lipinski definition) is 1. The largest absolute Gasteiger partial charge is 0.493 e. The number of ether oxygens (including phenoxy) is 3. The van der Waals surface area contributed by atoms with Gasteiger partial charge in [-0.2, -0.15) is 0 Å². The number of rotatable bonds is 8. The highest BCUT2D eigenvalue weighted by Gasteiger charge is 2.43. The number of benzene rings is 3. The van der Waals surface area contributed by atoms with E-state index in [2.05, 4.69) is 5.32 Å². The van der Waals surface area contributed by atoms with E-state index in [1.807, 2.05) is 6.07 Å². The summed E-state index contributed by atoms with van der Waals surface area (Å²) in [6.45, 7) is 0. The van der Waals surface area contributed by atoms with Gasteiger partial charge in [-0.25, -0.2) is 4.79 Å². The molecule has 1 aliphatic heterocycles. The standard InChI is InChI=1S/C27H24N2O7/c1-34-22-14-19(27(33)36-3)20(15-23(22)35-2)28-24(30)21(13-16-9-5-4-6-10-16)29-25(31)17-11-7-8-12-18(17)26(29)32/h4-12,14-15,21H,13H2,1-3H3,(H,28,30). The van der Waals surface area contributed by atoms with E-state index >= 15 is 0 Å². The van der Waals surface area contributed by atoms with Gasteiger partial charge in [0.05, 0.1) is 43.7 Å². The molecule has 4 rings (SSSR count). The van der Waals surface area contributed by atoms with Gasteiger partial charge in [0.15, 0.2) is 11.5 Å². The molecule has 1 heterocycles. The molecule has 3 aromatic rings. The average Bonchev–Trinajstić information content (AvgIpc) is 3.16. The number of amides is 3. The van der Waals surface area contributed by atoms with Crippen LogP contribution in [0.15, 0.2) is 66.7 Å². The second-order valence-electron chi connectivity index (χ2n) is 7.97. The molecular weight excluding hydrogens is 464 g/mol. The lowest BCUT2D eigenvalue weighted by atomic mass is 10.0. The summed E-state index contributed by atoms with van der Waals surface area (Å²) in [5.41, 5.74) is 1.31. The van der Waals surface area contributed by atoms with E-state index in [9.17, 15) is 19.2 Å². The fourth-order valence-corrected chi connectivity index (χ4v) is 4.11. The molecule has 0 fully saturated rings. The fraction of sp³-hybridized carbons (Fsp3) is 0.185. The van der Waals surface area contributed by atoms with Crippen molar-refractivity contribution in [2.45, 2.75) is 12.5 Å². The zero-order chi connectivity index (χ0) is 25.8. The van der Waals surface area contributed by atoms with Crippen molar-refractivity contribution >= 4 is 29.4 Å². The minimum Gasteiger partial charge on any atom is -0.493 e. The number of imide groups is 1. The van der Waals surface area contributed by atoms with Crippen LogP contribution < -0.4 is 14.8 Å². The van der Waals surface area contributed by atoms with Crippen LogP contribution in [-0.4, -0.2) is 56.0 Å². The third kappa shape index (κ3) is 4.50. The third-order valence-electron chi connectivity index (χ3n) is 5.90. The van der Waals surface area contributed by atoms with Crippen molar-refractivity contribution in [3.63, 3.8) is 0 Å². The number of carbonyl (C=O) groups is 4. The molecule has 1 atom stereocenters. The van der Waals surface area contributed by atoms with E-state index < -0.39 is 29.7 Å². The highest BCUT2D eigenvalue weighted by atomic mass is 16.5. The number of hydrogen-bond acceptors (Lipinski definition) is 7. The van der Waals surface area contributed by atoms with Gasteiger partial charge in [-0.15, -0.1) is 0 Å². The van der Waals surface area contributed by atoms with Crippen molar-refractivity contribution in [3.8, 4) is 11.5 Å². The molecule has 0 spiro atoms. The Labute approximate surface area is 207 Å². The van der Waals surface area contributed by atoms with Crippen molar-refractivity contribution in [2.24, 2.45) is 0 Å². The van der Waals surface area contributed by atoms with Crippen LogP contribution in [0, 0.1) is 0 Å². The first-order chi connectivity index (χ1) is 17.4. The summed E-state index contributed by atoms with van der Waals surface area (Å²) in [6, 6.07) is 17.1. The van der Waals surface area contributed by atoms with E-state index in [1.54, 1.807) is 48.5 Å². The van der Waals surface area contributed by atoms with Gasteiger partial charge in [0.2, 0.25) is 5.91 Å². The summed E-state index contributed by atoms with van der Waals surface area (Å²) in [6.07, 6.45) is 0.0684. The Morgan fingerprint density at radius 1 is 0.833 bits per heavy atom. The number of anilines is 1. The van der Waals surface area contributed by atoms with E-state index in [-0.39, 0.29) is 40.3 Å². The minimum atomic E-state index is -1.20. The molecule has 36 heavy (non-hydrogen) atoms. The average molecular weight is 488 g/mol. The van der Waals surface area contributed by atoms with E-state index in [0.717, 1.165) is 10.5 Å². The summed E-state index contributed by atoms with van der Waals surface area (Å²) >= 11 is 0. The lowest BCUT2D eigenvalue weighted by molar-refractivity contribution is -0.119.